The zero-order valence-corrected chi connectivity index (χ0v) is 23.1. The molecule has 0 spiro atoms. The lowest BCUT2D eigenvalue weighted by molar-refractivity contribution is 0.370. The zero-order valence-electron chi connectivity index (χ0n) is 22.2. The van der Waals surface area contributed by atoms with Crippen molar-refractivity contribution in [2.24, 2.45) is 0 Å². The molecule has 0 heterocycles. The fraction of sp³-hybridized carbons (Fsp3) is 0.571. The van der Waals surface area contributed by atoms with Crippen molar-refractivity contribution >= 4 is 8.60 Å². The van der Waals surface area contributed by atoms with Crippen molar-refractivity contribution in [2.75, 3.05) is 0 Å². The van der Waals surface area contributed by atoms with Gasteiger partial charge in [0.05, 0.1) is 0 Å². The van der Waals surface area contributed by atoms with Gasteiger partial charge in [0, 0.05) is 11.1 Å². The van der Waals surface area contributed by atoms with Crippen LogP contribution in [0.1, 0.15) is 105 Å². The lowest BCUT2D eigenvalue weighted by atomic mass is 9.80. The van der Waals surface area contributed by atoms with Crippen molar-refractivity contribution in [3.63, 3.8) is 0 Å². The summed E-state index contributed by atoms with van der Waals surface area (Å²) in [7, 11) is -2.14. The van der Waals surface area contributed by atoms with Crippen LogP contribution in [-0.4, -0.2) is 4.89 Å². The van der Waals surface area contributed by atoms with Crippen LogP contribution < -0.4 is 9.05 Å². The maximum Gasteiger partial charge on any atom is 0.460 e. The van der Waals surface area contributed by atoms with Crippen LogP contribution in [0.2, 0.25) is 0 Å². The molecule has 0 fully saturated rings. The van der Waals surface area contributed by atoms with E-state index in [0.717, 1.165) is 11.1 Å². The van der Waals surface area contributed by atoms with Crippen LogP contribution >= 0.6 is 8.60 Å². The van der Waals surface area contributed by atoms with Crippen LogP contribution in [0.5, 0.6) is 11.5 Å². The van der Waals surface area contributed by atoms with Crippen LogP contribution in [0, 0.1) is 0 Å². The maximum absolute atomic E-state index is 10.8. The summed E-state index contributed by atoms with van der Waals surface area (Å²) in [6.07, 6.45) is 0. The van der Waals surface area contributed by atoms with E-state index in [2.05, 4.69) is 107 Å². The minimum Gasteiger partial charge on any atom is -0.418 e. The van der Waals surface area contributed by atoms with Gasteiger partial charge >= 0.3 is 8.60 Å². The van der Waals surface area contributed by atoms with E-state index >= 15 is 0 Å². The molecule has 4 heteroatoms. The molecule has 0 atom stereocenters. The van der Waals surface area contributed by atoms with Crippen molar-refractivity contribution in [2.45, 2.75) is 105 Å². The van der Waals surface area contributed by atoms with E-state index in [0.29, 0.717) is 11.5 Å². The van der Waals surface area contributed by atoms with E-state index in [-0.39, 0.29) is 21.7 Å². The van der Waals surface area contributed by atoms with Gasteiger partial charge in [0.25, 0.3) is 0 Å². The van der Waals surface area contributed by atoms with Gasteiger partial charge < -0.3 is 13.9 Å². The number of benzene rings is 2. The number of rotatable bonds is 4. The average Bonchev–Trinajstić information content (AvgIpc) is 2.58. The Bertz CT molecular complexity index is 858. The molecule has 3 nitrogen and oxygen atoms in total. The third-order valence-electron chi connectivity index (χ3n) is 5.66. The second kappa shape index (κ2) is 8.99. The smallest absolute Gasteiger partial charge is 0.418 e. The Morgan fingerprint density at radius 2 is 0.844 bits per heavy atom. The van der Waals surface area contributed by atoms with E-state index < -0.39 is 8.60 Å². The summed E-state index contributed by atoms with van der Waals surface area (Å²) < 4.78 is 12.0. The first-order valence-electron chi connectivity index (χ1n) is 11.4. The van der Waals surface area contributed by atoms with Gasteiger partial charge in [0.15, 0.2) is 0 Å². The molecule has 2 aromatic rings. The van der Waals surface area contributed by atoms with Gasteiger partial charge in [-0.3, -0.25) is 0 Å². The molecule has 0 aliphatic carbocycles. The molecule has 0 aliphatic heterocycles. The summed E-state index contributed by atoms with van der Waals surface area (Å²) in [6, 6.07) is 12.5. The van der Waals surface area contributed by atoms with Gasteiger partial charge in [-0.2, -0.15) is 0 Å². The highest BCUT2D eigenvalue weighted by Gasteiger charge is 2.28. The van der Waals surface area contributed by atoms with E-state index in [1.54, 1.807) is 0 Å². The Labute approximate surface area is 197 Å². The fourth-order valence-electron chi connectivity index (χ4n) is 3.51. The van der Waals surface area contributed by atoms with E-state index in [1.165, 1.54) is 11.1 Å². The van der Waals surface area contributed by atoms with Gasteiger partial charge in [-0.15, -0.1) is 0 Å². The number of hydrogen-bond acceptors (Lipinski definition) is 3. The maximum atomic E-state index is 10.8. The Hall–Kier alpha value is -1.57. The first-order chi connectivity index (χ1) is 14.3. The lowest BCUT2D eigenvalue weighted by Gasteiger charge is -2.29. The predicted octanol–water partition coefficient (Wildman–Crippen LogP) is 8.55. The summed E-state index contributed by atoms with van der Waals surface area (Å²) in [5, 5.41) is 0. The van der Waals surface area contributed by atoms with Crippen LogP contribution in [0.25, 0.3) is 0 Å². The predicted molar refractivity (Wildman–Crippen MR) is 138 cm³/mol. The van der Waals surface area contributed by atoms with E-state index in [4.69, 9.17) is 9.05 Å². The molecule has 2 aromatic carbocycles. The molecule has 0 saturated heterocycles. The minimum absolute atomic E-state index is 0.0371. The van der Waals surface area contributed by atoms with Crippen molar-refractivity contribution in [1.29, 1.82) is 0 Å². The highest BCUT2D eigenvalue weighted by Crippen LogP contribution is 2.45. The normalized spacial score (nSPS) is 13.4. The molecule has 0 unspecified atom stereocenters. The van der Waals surface area contributed by atoms with Gasteiger partial charge in [-0.05, 0) is 44.9 Å². The first-order valence-corrected chi connectivity index (χ1v) is 12.6. The molecular formula is C28H43O3P. The van der Waals surface area contributed by atoms with Crippen molar-refractivity contribution < 1.29 is 13.9 Å². The summed E-state index contributed by atoms with van der Waals surface area (Å²) in [6.45, 7) is 26.2. The monoisotopic (exact) mass is 458 g/mol. The molecule has 178 valence electrons. The Kier molecular flexibility index (Phi) is 7.50. The SMILES string of the molecule is CC(C)(C)c1ccc(OP(O)Oc2ccc(C(C)(C)C)cc2C(C)(C)C)c(C(C)(C)C)c1. The van der Waals surface area contributed by atoms with Gasteiger partial charge in [0.2, 0.25) is 0 Å². The van der Waals surface area contributed by atoms with Gasteiger partial charge in [-0.1, -0.05) is 107 Å². The summed E-state index contributed by atoms with van der Waals surface area (Å²) in [5.41, 5.74) is 4.43. The van der Waals surface area contributed by atoms with Gasteiger partial charge in [0.1, 0.15) is 11.5 Å². The van der Waals surface area contributed by atoms with Crippen LogP contribution in [0.4, 0.5) is 0 Å². The van der Waals surface area contributed by atoms with E-state index in [1.807, 2.05) is 12.1 Å². The summed E-state index contributed by atoms with van der Waals surface area (Å²) in [4.78, 5) is 10.8. The largest absolute Gasteiger partial charge is 0.460 e. The minimum atomic E-state index is -2.14. The van der Waals surface area contributed by atoms with Crippen LogP contribution in [0.3, 0.4) is 0 Å². The molecule has 1 N–H and O–H groups in total. The molecule has 0 aliphatic rings. The molecule has 0 aromatic heterocycles. The molecule has 32 heavy (non-hydrogen) atoms. The van der Waals surface area contributed by atoms with Crippen LogP contribution in [0.15, 0.2) is 36.4 Å². The van der Waals surface area contributed by atoms with Crippen molar-refractivity contribution in [3.8, 4) is 11.5 Å². The fourth-order valence-corrected chi connectivity index (χ4v) is 4.20. The highest BCUT2D eigenvalue weighted by atomic mass is 31.2. The zero-order chi connectivity index (χ0) is 24.7. The quantitative estimate of drug-likeness (QED) is 0.466. The molecule has 0 bridgehead atoms. The Balaban J connectivity index is 2.38. The third-order valence-corrected chi connectivity index (χ3v) is 6.37. The highest BCUT2D eigenvalue weighted by molar-refractivity contribution is 7.41. The lowest BCUT2D eigenvalue weighted by Crippen LogP contribution is -2.18. The second-order valence-electron chi connectivity index (χ2n) is 12.8. The molecular weight excluding hydrogens is 415 g/mol. The third kappa shape index (κ3) is 6.72. The first kappa shape index (κ1) is 26.7. The Morgan fingerprint density at radius 3 is 1.09 bits per heavy atom. The molecule has 2 rings (SSSR count). The van der Waals surface area contributed by atoms with Crippen LogP contribution in [-0.2, 0) is 21.7 Å². The topological polar surface area (TPSA) is 38.7 Å². The van der Waals surface area contributed by atoms with Gasteiger partial charge in [-0.25, -0.2) is 0 Å². The summed E-state index contributed by atoms with van der Waals surface area (Å²) >= 11 is 0. The summed E-state index contributed by atoms with van der Waals surface area (Å²) in [5.74, 6) is 1.34. The molecule has 0 radical (unpaired) electrons. The number of hydrogen-bond donors (Lipinski definition) is 1. The molecule has 0 amide bonds. The Morgan fingerprint density at radius 1 is 0.531 bits per heavy atom. The van der Waals surface area contributed by atoms with Crippen molar-refractivity contribution in [3.05, 3.63) is 58.7 Å². The average molecular weight is 459 g/mol. The van der Waals surface area contributed by atoms with Crippen molar-refractivity contribution in [1.82, 2.24) is 0 Å². The molecule has 0 saturated carbocycles. The second-order valence-corrected chi connectivity index (χ2v) is 13.7. The standard InChI is InChI=1S/C28H43O3P/c1-25(2,3)19-13-15-23(21(17-19)27(7,8)9)30-32(29)31-24-16-14-20(26(4,5)6)18-22(24)28(10,11)12/h13-18,29H,1-12H3. The van der Waals surface area contributed by atoms with E-state index in [9.17, 15) is 4.89 Å².